The lowest BCUT2D eigenvalue weighted by molar-refractivity contribution is -0.121. The van der Waals surface area contributed by atoms with Gasteiger partial charge in [-0.3, -0.25) is 9.79 Å². The van der Waals surface area contributed by atoms with Crippen LogP contribution in [0.5, 0.6) is 0 Å². The summed E-state index contributed by atoms with van der Waals surface area (Å²) in [5.41, 5.74) is 7.27. The van der Waals surface area contributed by atoms with Crippen molar-refractivity contribution >= 4 is 35.8 Å². The highest BCUT2D eigenvalue weighted by atomic mass is 127. The third-order valence-electron chi connectivity index (χ3n) is 4.21. The van der Waals surface area contributed by atoms with Gasteiger partial charge in [-0.15, -0.1) is 24.0 Å². The number of nitrogens with two attached hydrogens (primary N) is 1. The number of rotatable bonds is 7. The van der Waals surface area contributed by atoms with Gasteiger partial charge in [-0.25, -0.2) is 8.78 Å². The number of aliphatic imine (C=N–C) groups is 1. The van der Waals surface area contributed by atoms with E-state index in [0.29, 0.717) is 25.5 Å². The molecule has 0 aliphatic heterocycles. The average Bonchev–Trinajstić information content (AvgIpc) is 2.64. The summed E-state index contributed by atoms with van der Waals surface area (Å²) in [4.78, 5) is 17.9. The lowest BCUT2D eigenvalue weighted by atomic mass is 9.98. The quantitative estimate of drug-likeness (QED) is 0.348. The van der Waals surface area contributed by atoms with Crippen LogP contribution in [-0.2, 0) is 17.8 Å². The molecule has 1 atom stereocenters. The van der Waals surface area contributed by atoms with E-state index in [9.17, 15) is 13.6 Å². The van der Waals surface area contributed by atoms with Gasteiger partial charge in [0.2, 0.25) is 5.91 Å². The second-order valence-corrected chi connectivity index (χ2v) is 6.34. The van der Waals surface area contributed by atoms with E-state index < -0.39 is 11.8 Å². The summed E-state index contributed by atoms with van der Waals surface area (Å²) in [6.45, 7) is 0.826. The van der Waals surface area contributed by atoms with Gasteiger partial charge in [-0.1, -0.05) is 24.3 Å². The fraction of sp³-hybridized carbons (Fsp3) is 0.300. The van der Waals surface area contributed by atoms with Gasteiger partial charge in [-0.05, 0) is 41.8 Å². The Morgan fingerprint density at radius 3 is 2.04 bits per heavy atom. The minimum absolute atomic E-state index is 0. The van der Waals surface area contributed by atoms with Crippen molar-refractivity contribution in [2.75, 3.05) is 20.6 Å². The Hall–Kier alpha value is -2.23. The molecule has 0 radical (unpaired) electrons. The molecule has 2 aromatic carbocycles. The third kappa shape index (κ3) is 7.41. The summed E-state index contributed by atoms with van der Waals surface area (Å²) in [6.07, 6.45) is 0.404. The van der Waals surface area contributed by atoms with Crippen LogP contribution >= 0.6 is 24.0 Å². The van der Waals surface area contributed by atoms with Crippen molar-refractivity contribution in [2.24, 2.45) is 16.6 Å². The Bertz CT molecular complexity index is 782. The topological polar surface area (TPSA) is 70.7 Å². The molecule has 0 saturated heterocycles. The van der Waals surface area contributed by atoms with Crippen molar-refractivity contribution in [2.45, 2.75) is 13.0 Å². The molecule has 8 heteroatoms. The van der Waals surface area contributed by atoms with Gasteiger partial charge >= 0.3 is 0 Å². The highest BCUT2D eigenvalue weighted by Crippen LogP contribution is 2.10. The fourth-order valence-electron chi connectivity index (χ4n) is 2.72. The first-order chi connectivity index (χ1) is 12.9. The van der Waals surface area contributed by atoms with E-state index in [2.05, 4.69) is 10.3 Å². The van der Waals surface area contributed by atoms with Crippen molar-refractivity contribution in [3.63, 3.8) is 0 Å². The maximum absolute atomic E-state index is 13.0. The zero-order chi connectivity index (χ0) is 19.8. The van der Waals surface area contributed by atoms with Crippen LogP contribution in [0.4, 0.5) is 8.78 Å². The van der Waals surface area contributed by atoms with Crippen molar-refractivity contribution in [1.82, 2.24) is 10.2 Å². The molecule has 2 rings (SSSR count). The monoisotopic (exact) mass is 502 g/mol. The minimum atomic E-state index is -0.466. The zero-order valence-electron chi connectivity index (χ0n) is 15.9. The first-order valence-corrected chi connectivity index (χ1v) is 8.59. The predicted octanol–water partition coefficient (Wildman–Crippen LogP) is 2.93. The number of hydrogen-bond acceptors (Lipinski definition) is 2. The normalized spacial score (nSPS) is 12.1. The molecule has 2 aromatic rings. The molecule has 0 fully saturated rings. The zero-order valence-corrected chi connectivity index (χ0v) is 18.2. The van der Waals surface area contributed by atoms with Crippen LogP contribution in [0.3, 0.4) is 0 Å². The van der Waals surface area contributed by atoms with E-state index in [1.54, 1.807) is 31.3 Å². The Labute approximate surface area is 181 Å². The summed E-state index contributed by atoms with van der Waals surface area (Å²) >= 11 is 0. The smallest absolute Gasteiger partial charge is 0.222 e. The molecular weight excluding hydrogens is 477 g/mol. The SMILES string of the molecule is CN=C(NCC(Cc1ccc(F)cc1)C(N)=O)N(C)Cc1ccc(F)cc1.I. The van der Waals surface area contributed by atoms with Gasteiger partial charge in [-0.2, -0.15) is 0 Å². The molecule has 3 N–H and O–H groups in total. The Kier molecular flexibility index (Phi) is 9.84. The lowest BCUT2D eigenvalue weighted by Crippen LogP contribution is -2.43. The lowest BCUT2D eigenvalue weighted by Gasteiger charge is -2.24. The first kappa shape index (κ1) is 23.8. The maximum atomic E-state index is 13.0. The number of nitrogens with one attached hydrogen (secondary N) is 1. The largest absolute Gasteiger partial charge is 0.369 e. The molecule has 1 amide bonds. The van der Waals surface area contributed by atoms with Crippen molar-refractivity contribution < 1.29 is 13.6 Å². The van der Waals surface area contributed by atoms with E-state index in [-0.39, 0.29) is 35.6 Å². The molecule has 0 aromatic heterocycles. The van der Waals surface area contributed by atoms with Crippen molar-refractivity contribution in [1.29, 1.82) is 0 Å². The summed E-state index contributed by atoms with van der Waals surface area (Å²) in [6, 6.07) is 12.2. The van der Waals surface area contributed by atoms with Gasteiger partial charge in [0.1, 0.15) is 11.6 Å². The van der Waals surface area contributed by atoms with Crippen molar-refractivity contribution in [3.05, 3.63) is 71.3 Å². The van der Waals surface area contributed by atoms with E-state index in [4.69, 9.17) is 5.73 Å². The number of amides is 1. The number of carbonyl (C=O) groups is 1. The first-order valence-electron chi connectivity index (χ1n) is 8.59. The second-order valence-electron chi connectivity index (χ2n) is 6.34. The molecule has 0 bridgehead atoms. The summed E-state index contributed by atoms with van der Waals surface area (Å²) in [5.74, 6) is -0.927. The third-order valence-corrected chi connectivity index (χ3v) is 4.21. The van der Waals surface area contributed by atoms with Gasteiger partial charge in [0.15, 0.2) is 5.96 Å². The van der Waals surface area contributed by atoms with Gasteiger partial charge in [0, 0.05) is 27.2 Å². The average molecular weight is 502 g/mol. The Morgan fingerprint density at radius 2 is 1.57 bits per heavy atom. The van der Waals surface area contributed by atoms with Crippen LogP contribution in [0.2, 0.25) is 0 Å². The maximum Gasteiger partial charge on any atom is 0.222 e. The highest BCUT2D eigenvalue weighted by molar-refractivity contribution is 14.0. The predicted molar refractivity (Wildman–Crippen MR) is 117 cm³/mol. The molecule has 152 valence electrons. The fourth-order valence-corrected chi connectivity index (χ4v) is 2.72. The number of nitrogens with zero attached hydrogens (tertiary/aromatic N) is 2. The number of guanidine groups is 1. The molecule has 0 aliphatic rings. The number of hydrogen-bond donors (Lipinski definition) is 2. The van der Waals surface area contributed by atoms with Crippen LogP contribution in [0.25, 0.3) is 0 Å². The van der Waals surface area contributed by atoms with E-state index in [0.717, 1.165) is 11.1 Å². The number of carbonyl (C=O) groups excluding carboxylic acids is 1. The number of benzene rings is 2. The standard InChI is InChI=1S/C20H24F2N4O.HI/c1-24-20(26(2)13-15-5-9-18(22)10-6-15)25-12-16(19(23)27)11-14-3-7-17(21)8-4-14;/h3-10,16H,11-13H2,1-2H3,(H2,23,27)(H,24,25);1H. The number of primary amides is 1. The highest BCUT2D eigenvalue weighted by Gasteiger charge is 2.18. The van der Waals surface area contributed by atoms with Gasteiger partial charge in [0.05, 0.1) is 5.92 Å². The van der Waals surface area contributed by atoms with Crippen LogP contribution in [0.1, 0.15) is 11.1 Å². The van der Waals surface area contributed by atoms with Gasteiger partial charge in [0.25, 0.3) is 0 Å². The van der Waals surface area contributed by atoms with Crippen LogP contribution < -0.4 is 11.1 Å². The van der Waals surface area contributed by atoms with Crippen LogP contribution in [0, 0.1) is 17.6 Å². The molecular formula is C20H25F2IN4O. The van der Waals surface area contributed by atoms with E-state index in [1.807, 2.05) is 11.9 Å². The minimum Gasteiger partial charge on any atom is -0.369 e. The van der Waals surface area contributed by atoms with Crippen LogP contribution in [0.15, 0.2) is 53.5 Å². The molecule has 0 aliphatic carbocycles. The Morgan fingerprint density at radius 1 is 1.07 bits per heavy atom. The van der Waals surface area contributed by atoms with Gasteiger partial charge < -0.3 is 16.0 Å². The molecule has 1 unspecified atom stereocenters. The molecule has 0 heterocycles. The van der Waals surface area contributed by atoms with E-state index >= 15 is 0 Å². The van der Waals surface area contributed by atoms with E-state index in [1.165, 1.54) is 24.3 Å². The summed E-state index contributed by atoms with van der Waals surface area (Å²) in [5, 5.41) is 3.14. The molecule has 0 saturated carbocycles. The second kappa shape index (κ2) is 11.6. The summed E-state index contributed by atoms with van der Waals surface area (Å²) in [7, 11) is 3.49. The summed E-state index contributed by atoms with van der Waals surface area (Å²) < 4.78 is 26.0. The molecule has 5 nitrogen and oxygen atoms in total. The Balaban J connectivity index is 0.00000392. The molecule has 0 spiro atoms. The molecule has 28 heavy (non-hydrogen) atoms. The number of halogens is 3. The van der Waals surface area contributed by atoms with Crippen molar-refractivity contribution in [3.8, 4) is 0 Å². The van der Waals surface area contributed by atoms with Crippen LogP contribution in [-0.4, -0.2) is 37.4 Å².